The SMILES string of the molecule is CCCN(CCOc1c(Cl)cc(Cl)cc1Cl)C(=O)n1ccnc1.O=C(O)/C=C/C(=O)O. The molecule has 0 radical (unpaired) electrons. The lowest BCUT2D eigenvalue weighted by atomic mass is 10.3. The van der Waals surface area contributed by atoms with E-state index in [1.54, 1.807) is 29.4 Å². The van der Waals surface area contributed by atoms with Gasteiger partial charge in [-0.3, -0.25) is 4.57 Å². The summed E-state index contributed by atoms with van der Waals surface area (Å²) < 4.78 is 7.05. The molecule has 0 saturated carbocycles. The molecule has 0 aliphatic heterocycles. The summed E-state index contributed by atoms with van der Waals surface area (Å²) in [6, 6.07) is 2.97. The third-order valence-corrected chi connectivity index (χ3v) is 4.21. The first-order chi connectivity index (χ1) is 14.6. The number of benzene rings is 1. The fourth-order valence-electron chi connectivity index (χ4n) is 2.18. The molecule has 12 heteroatoms. The average Bonchev–Trinajstić information content (AvgIpc) is 3.22. The van der Waals surface area contributed by atoms with Crippen molar-refractivity contribution in [2.24, 2.45) is 0 Å². The molecule has 0 spiro atoms. The molecule has 1 heterocycles. The molecule has 0 bridgehead atoms. The topological polar surface area (TPSA) is 122 Å². The Bertz CT molecular complexity index is 880. The summed E-state index contributed by atoms with van der Waals surface area (Å²) >= 11 is 18.0. The summed E-state index contributed by atoms with van der Waals surface area (Å²) in [5.74, 6) is -2.15. The van der Waals surface area contributed by atoms with Crippen LogP contribution in [0.5, 0.6) is 5.75 Å². The van der Waals surface area contributed by atoms with Gasteiger partial charge in [0, 0.05) is 36.1 Å². The van der Waals surface area contributed by atoms with Crippen molar-refractivity contribution in [2.45, 2.75) is 13.3 Å². The Morgan fingerprint density at radius 2 is 1.68 bits per heavy atom. The van der Waals surface area contributed by atoms with E-state index in [1.807, 2.05) is 6.92 Å². The summed E-state index contributed by atoms with van der Waals surface area (Å²) in [7, 11) is 0. The predicted octanol–water partition coefficient (Wildman–Crippen LogP) is 4.31. The van der Waals surface area contributed by atoms with Gasteiger partial charge in [0.15, 0.2) is 5.75 Å². The van der Waals surface area contributed by atoms with E-state index >= 15 is 0 Å². The fraction of sp³-hybridized carbons (Fsp3) is 0.263. The minimum atomic E-state index is -1.26. The first-order valence-corrected chi connectivity index (χ1v) is 9.97. The van der Waals surface area contributed by atoms with Gasteiger partial charge in [0.05, 0.1) is 16.6 Å². The molecule has 1 aromatic heterocycles. The summed E-state index contributed by atoms with van der Waals surface area (Å²) in [5.41, 5.74) is 0. The van der Waals surface area contributed by atoms with Crippen LogP contribution in [-0.4, -0.2) is 62.3 Å². The molecule has 2 aromatic rings. The van der Waals surface area contributed by atoms with Crippen LogP contribution < -0.4 is 4.74 Å². The molecule has 1 amide bonds. The summed E-state index contributed by atoms with van der Waals surface area (Å²) in [4.78, 5) is 37.0. The van der Waals surface area contributed by atoms with Gasteiger partial charge in [0.2, 0.25) is 0 Å². The van der Waals surface area contributed by atoms with E-state index < -0.39 is 11.9 Å². The van der Waals surface area contributed by atoms with E-state index in [2.05, 4.69) is 4.98 Å². The number of aliphatic carboxylic acids is 2. The van der Waals surface area contributed by atoms with Crippen LogP contribution in [0, 0.1) is 0 Å². The van der Waals surface area contributed by atoms with E-state index in [0.717, 1.165) is 6.42 Å². The smallest absolute Gasteiger partial charge is 0.329 e. The highest BCUT2D eigenvalue weighted by Crippen LogP contribution is 2.35. The van der Waals surface area contributed by atoms with Crippen molar-refractivity contribution < 1.29 is 29.3 Å². The monoisotopic (exact) mass is 491 g/mol. The molecule has 0 aliphatic rings. The summed E-state index contributed by atoms with van der Waals surface area (Å²) in [5, 5.41) is 16.7. The molecule has 2 N–H and O–H groups in total. The number of nitrogens with zero attached hydrogens (tertiary/aromatic N) is 3. The van der Waals surface area contributed by atoms with Crippen molar-refractivity contribution in [3.8, 4) is 5.75 Å². The third kappa shape index (κ3) is 9.73. The Kier molecular flexibility index (Phi) is 11.5. The second-order valence-electron chi connectivity index (χ2n) is 5.80. The normalized spacial score (nSPS) is 10.3. The minimum Gasteiger partial charge on any atom is -0.489 e. The number of aromatic nitrogens is 2. The van der Waals surface area contributed by atoms with Crippen LogP contribution in [-0.2, 0) is 9.59 Å². The minimum absolute atomic E-state index is 0.152. The number of ether oxygens (including phenoxy) is 1. The molecule has 0 saturated heterocycles. The van der Waals surface area contributed by atoms with Crippen molar-refractivity contribution in [3.63, 3.8) is 0 Å². The summed E-state index contributed by atoms with van der Waals surface area (Å²) in [6.07, 6.45) is 6.59. The van der Waals surface area contributed by atoms with Crippen LogP contribution in [0.1, 0.15) is 13.3 Å². The quantitative estimate of drug-likeness (QED) is 0.526. The number of hydrogen-bond donors (Lipinski definition) is 2. The van der Waals surface area contributed by atoms with Crippen LogP contribution in [0.15, 0.2) is 43.0 Å². The molecule has 2 rings (SSSR count). The van der Waals surface area contributed by atoms with Crippen molar-refractivity contribution in [1.29, 1.82) is 0 Å². The summed E-state index contributed by atoms with van der Waals surface area (Å²) in [6.45, 7) is 3.28. The predicted molar refractivity (Wildman–Crippen MR) is 116 cm³/mol. The zero-order valence-electron chi connectivity index (χ0n) is 16.4. The van der Waals surface area contributed by atoms with Gasteiger partial charge in [-0.1, -0.05) is 41.7 Å². The number of carbonyl (C=O) groups is 3. The molecule has 31 heavy (non-hydrogen) atoms. The number of imidazole rings is 1. The zero-order chi connectivity index (χ0) is 23.4. The fourth-order valence-corrected chi connectivity index (χ4v) is 3.10. The van der Waals surface area contributed by atoms with Gasteiger partial charge >= 0.3 is 18.0 Å². The first-order valence-electron chi connectivity index (χ1n) is 8.84. The van der Waals surface area contributed by atoms with Gasteiger partial charge in [-0.25, -0.2) is 19.4 Å². The number of halogens is 3. The highest BCUT2D eigenvalue weighted by molar-refractivity contribution is 6.40. The van der Waals surface area contributed by atoms with Crippen LogP contribution in [0.2, 0.25) is 15.1 Å². The van der Waals surface area contributed by atoms with Crippen molar-refractivity contribution in [1.82, 2.24) is 14.5 Å². The number of carbonyl (C=O) groups excluding carboxylic acids is 1. The Hall–Kier alpha value is -2.75. The van der Waals surface area contributed by atoms with E-state index in [0.29, 0.717) is 46.1 Å². The Balaban J connectivity index is 0.000000512. The van der Waals surface area contributed by atoms with Crippen molar-refractivity contribution in [3.05, 3.63) is 58.1 Å². The maximum Gasteiger partial charge on any atom is 0.329 e. The van der Waals surface area contributed by atoms with Gasteiger partial charge < -0.3 is 19.8 Å². The lowest BCUT2D eigenvalue weighted by Crippen LogP contribution is -2.37. The highest BCUT2D eigenvalue weighted by atomic mass is 35.5. The number of hydrogen-bond acceptors (Lipinski definition) is 5. The molecular formula is C19H20Cl3N3O6. The van der Waals surface area contributed by atoms with Crippen LogP contribution in [0.3, 0.4) is 0 Å². The number of carboxylic acids is 2. The third-order valence-electron chi connectivity index (χ3n) is 3.43. The largest absolute Gasteiger partial charge is 0.489 e. The van der Waals surface area contributed by atoms with Gasteiger partial charge in [-0.15, -0.1) is 0 Å². The Morgan fingerprint density at radius 1 is 1.10 bits per heavy atom. The molecule has 9 nitrogen and oxygen atoms in total. The van der Waals surface area contributed by atoms with Crippen molar-refractivity contribution >= 4 is 52.8 Å². The Labute approximate surface area is 193 Å². The Morgan fingerprint density at radius 3 is 2.13 bits per heavy atom. The first kappa shape index (κ1) is 26.3. The van der Waals surface area contributed by atoms with E-state index in [1.165, 1.54) is 10.9 Å². The molecular weight excluding hydrogens is 473 g/mol. The molecule has 0 unspecified atom stereocenters. The van der Waals surface area contributed by atoms with E-state index in [-0.39, 0.29) is 12.6 Å². The average molecular weight is 493 g/mol. The molecule has 0 atom stereocenters. The maximum absolute atomic E-state index is 12.3. The van der Waals surface area contributed by atoms with Crippen LogP contribution in [0.4, 0.5) is 4.79 Å². The molecule has 0 aliphatic carbocycles. The van der Waals surface area contributed by atoms with E-state index in [4.69, 9.17) is 49.8 Å². The lowest BCUT2D eigenvalue weighted by Gasteiger charge is -2.22. The van der Waals surface area contributed by atoms with Crippen molar-refractivity contribution in [2.75, 3.05) is 19.7 Å². The lowest BCUT2D eigenvalue weighted by molar-refractivity contribution is -0.134. The number of carboxylic acid groups (broad SMARTS) is 2. The molecule has 0 fully saturated rings. The molecule has 168 valence electrons. The second kappa shape index (κ2) is 13.5. The second-order valence-corrected chi connectivity index (χ2v) is 7.05. The van der Waals surface area contributed by atoms with Gasteiger partial charge in [-0.05, 0) is 18.6 Å². The molecule has 1 aromatic carbocycles. The number of rotatable bonds is 8. The van der Waals surface area contributed by atoms with Crippen LogP contribution in [0.25, 0.3) is 0 Å². The number of amides is 1. The standard InChI is InChI=1S/C15H16Cl3N3O2.C4H4O4/c1-2-4-20(15(22)21-5-3-19-10-21)6-7-23-14-12(17)8-11(16)9-13(14)18;5-3(6)1-2-4(7)8/h3,5,8-10H,2,4,6-7H2,1H3;1-2H,(H,5,6)(H,7,8)/b;2-1+. The van der Waals surface area contributed by atoms with E-state index in [9.17, 15) is 14.4 Å². The van der Waals surface area contributed by atoms with Gasteiger partial charge in [-0.2, -0.15) is 0 Å². The van der Waals surface area contributed by atoms with Gasteiger partial charge in [0.25, 0.3) is 0 Å². The van der Waals surface area contributed by atoms with Gasteiger partial charge in [0.1, 0.15) is 12.9 Å². The highest BCUT2D eigenvalue weighted by Gasteiger charge is 2.15. The van der Waals surface area contributed by atoms with Crippen LogP contribution >= 0.6 is 34.8 Å². The maximum atomic E-state index is 12.3. The zero-order valence-corrected chi connectivity index (χ0v) is 18.6.